The van der Waals surface area contributed by atoms with Gasteiger partial charge in [-0.05, 0) is 32.4 Å². The summed E-state index contributed by atoms with van der Waals surface area (Å²) in [4.78, 5) is 27.4. The van der Waals surface area contributed by atoms with Gasteiger partial charge in [0.2, 0.25) is 11.8 Å². The molecule has 0 aliphatic carbocycles. The van der Waals surface area contributed by atoms with E-state index in [1.165, 1.54) is 0 Å². The first kappa shape index (κ1) is 17.9. The van der Waals surface area contributed by atoms with Crippen LogP contribution in [-0.4, -0.2) is 66.9 Å². The lowest BCUT2D eigenvalue weighted by Crippen LogP contribution is -2.48. The molecule has 6 nitrogen and oxygen atoms in total. The number of hydrogen-bond donors (Lipinski definition) is 2. The number of nitrogens with one attached hydrogen (secondary N) is 1. The van der Waals surface area contributed by atoms with Crippen LogP contribution in [0.4, 0.5) is 0 Å². The van der Waals surface area contributed by atoms with E-state index in [9.17, 15) is 9.59 Å². The fraction of sp³-hybridized carbons (Fsp3) is 0.867. The normalized spacial score (nSPS) is 17.1. The van der Waals surface area contributed by atoms with Gasteiger partial charge in [-0.1, -0.05) is 20.3 Å². The van der Waals surface area contributed by atoms with Crippen LogP contribution in [0.25, 0.3) is 0 Å². The van der Waals surface area contributed by atoms with Crippen molar-refractivity contribution in [2.45, 2.75) is 45.6 Å². The minimum absolute atomic E-state index is 0.00213. The summed E-state index contributed by atoms with van der Waals surface area (Å²) in [5.41, 5.74) is 5.24. The van der Waals surface area contributed by atoms with E-state index in [0.717, 1.165) is 51.9 Å². The fourth-order valence-corrected chi connectivity index (χ4v) is 2.69. The summed E-state index contributed by atoms with van der Waals surface area (Å²) >= 11 is 0. The maximum absolute atomic E-state index is 12.1. The van der Waals surface area contributed by atoms with Gasteiger partial charge in [-0.3, -0.25) is 14.5 Å². The lowest BCUT2D eigenvalue weighted by molar-refractivity contribution is -0.124. The molecule has 2 amide bonds. The highest BCUT2D eigenvalue weighted by molar-refractivity contribution is 5.80. The maximum Gasteiger partial charge on any atom is 0.234 e. The van der Waals surface area contributed by atoms with Gasteiger partial charge in [0, 0.05) is 19.1 Å². The van der Waals surface area contributed by atoms with E-state index in [-0.39, 0.29) is 30.9 Å². The number of amides is 2. The van der Waals surface area contributed by atoms with Gasteiger partial charge in [-0.2, -0.15) is 0 Å². The molecule has 0 aromatic carbocycles. The largest absolute Gasteiger partial charge is 0.369 e. The van der Waals surface area contributed by atoms with Crippen LogP contribution in [0.1, 0.15) is 39.5 Å². The Labute approximate surface area is 128 Å². The molecular weight excluding hydrogens is 268 g/mol. The molecule has 122 valence electrons. The number of primary amides is 1. The smallest absolute Gasteiger partial charge is 0.234 e. The lowest BCUT2D eigenvalue weighted by atomic mass is 10.1. The van der Waals surface area contributed by atoms with Crippen LogP contribution in [-0.2, 0) is 9.59 Å². The number of carbonyl (C=O) groups is 2. The molecule has 1 fully saturated rings. The second-order valence-corrected chi connectivity index (χ2v) is 5.81. The molecule has 3 N–H and O–H groups in total. The van der Waals surface area contributed by atoms with Crippen molar-refractivity contribution >= 4 is 11.8 Å². The molecule has 21 heavy (non-hydrogen) atoms. The highest BCUT2D eigenvalue weighted by Gasteiger charge is 2.20. The lowest BCUT2D eigenvalue weighted by Gasteiger charge is -2.32. The number of nitrogens with zero attached hydrogens (tertiary/aromatic N) is 2. The molecule has 0 unspecified atom stereocenters. The predicted molar refractivity (Wildman–Crippen MR) is 83.8 cm³/mol. The first-order valence-corrected chi connectivity index (χ1v) is 8.07. The number of nitrogens with two attached hydrogens (primary N) is 1. The minimum Gasteiger partial charge on any atom is -0.369 e. The summed E-state index contributed by atoms with van der Waals surface area (Å²) in [6, 6.07) is 0.266. The van der Waals surface area contributed by atoms with E-state index in [0.29, 0.717) is 0 Å². The zero-order valence-electron chi connectivity index (χ0n) is 13.4. The van der Waals surface area contributed by atoms with Gasteiger partial charge in [-0.15, -0.1) is 0 Å². The first-order chi connectivity index (χ1) is 10.0. The van der Waals surface area contributed by atoms with Crippen molar-refractivity contribution in [2.75, 3.05) is 39.3 Å². The third-order valence-electron chi connectivity index (χ3n) is 3.97. The second kappa shape index (κ2) is 9.73. The summed E-state index contributed by atoms with van der Waals surface area (Å²) in [5.74, 6) is -0.377. The minimum atomic E-state index is -0.379. The van der Waals surface area contributed by atoms with Crippen molar-refractivity contribution in [3.8, 4) is 0 Å². The van der Waals surface area contributed by atoms with Crippen molar-refractivity contribution in [3.05, 3.63) is 0 Å². The molecule has 0 aromatic heterocycles. The van der Waals surface area contributed by atoms with Crippen LogP contribution in [0.15, 0.2) is 0 Å². The maximum atomic E-state index is 12.1. The van der Waals surface area contributed by atoms with Crippen molar-refractivity contribution < 1.29 is 9.59 Å². The summed E-state index contributed by atoms with van der Waals surface area (Å²) in [5, 5.41) is 3.08. The zero-order chi connectivity index (χ0) is 15.7. The number of rotatable bonds is 9. The zero-order valence-corrected chi connectivity index (χ0v) is 13.4. The number of unbranched alkanes of at least 4 members (excludes halogenated alkanes) is 1. The van der Waals surface area contributed by atoms with Gasteiger partial charge in [0.05, 0.1) is 13.1 Å². The van der Waals surface area contributed by atoms with Crippen LogP contribution in [0, 0.1) is 0 Å². The molecule has 0 bridgehead atoms. The van der Waals surface area contributed by atoms with Gasteiger partial charge in [0.1, 0.15) is 0 Å². The Balaban J connectivity index is 2.33. The Bertz CT molecular complexity index is 328. The Hall–Kier alpha value is -1.14. The number of carbonyl (C=O) groups excluding carboxylic acids is 2. The molecule has 1 saturated heterocycles. The molecule has 0 aromatic rings. The second-order valence-electron chi connectivity index (χ2n) is 5.81. The monoisotopic (exact) mass is 298 g/mol. The van der Waals surface area contributed by atoms with Crippen LogP contribution >= 0.6 is 0 Å². The molecule has 0 spiro atoms. The molecule has 1 aliphatic heterocycles. The summed E-state index contributed by atoms with van der Waals surface area (Å²) in [6.07, 6.45) is 4.01. The third-order valence-corrected chi connectivity index (χ3v) is 3.97. The van der Waals surface area contributed by atoms with Crippen molar-refractivity contribution in [1.82, 2.24) is 15.1 Å². The van der Waals surface area contributed by atoms with E-state index in [1.54, 1.807) is 0 Å². The molecule has 0 radical (unpaired) electrons. The van der Waals surface area contributed by atoms with Crippen LogP contribution in [0.2, 0.25) is 0 Å². The number of likely N-dealkylation sites (tertiary alicyclic amines) is 1. The molecule has 0 atom stereocenters. The molecule has 1 aliphatic rings. The third kappa shape index (κ3) is 7.43. The average Bonchev–Trinajstić information content (AvgIpc) is 2.45. The Morgan fingerprint density at radius 1 is 1.24 bits per heavy atom. The first-order valence-electron chi connectivity index (χ1n) is 8.07. The van der Waals surface area contributed by atoms with Gasteiger partial charge >= 0.3 is 0 Å². The van der Waals surface area contributed by atoms with Gasteiger partial charge < -0.3 is 16.0 Å². The Morgan fingerprint density at radius 3 is 2.43 bits per heavy atom. The van der Waals surface area contributed by atoms with Gasteiger partial charge in [0.15, 0.2) is 0 Å². The molecular formula is C15H30N4O2. The standard InChI is InChI=1S/C15H30N4O2/c1-3-5-8-19(11-14(16)20)12-15(21)17-13-6-9-18(4-2)10-7-13/h13H,3-12H2,1-2H3,(H2,16,20)(H,17,21). The van der Waals surface area contributed by atoms with Crippen molar-refractivity contribution in [2.24, 2.45) is 5.73 Å². The van der Waals surface area contributed by atoms with Crippen molar-refractivity contribution in [3.63, 3.8) is 0 Å². The fourth-order valence-electron chi connectivity index (χ4n) is 2.69. The van der Waals surface area contributed by atoms with Gasteiger partial charge in [0.25, 0.3) is 0 Å². The van der Waals surface area contributed by atoms with E-state index in [1.807, 2.05) is 4.90 Å². The summed E-state index contributed by atoms with van der Waals surface area (Å²) < 4.78 is 0. The molecule has 0 saturated carbocycles. The van der Waals surface area contributed by atoms with E-state index in [2.05, 4.69) is 24.1 Å². The van der Waals surface area contributed by atoms with E-state index < -0.39 is 0 Å². The Morgan fingerprint density at radius 2 is 1.90 bits per heavy atom. The van der Waals surface area contributed by atoms with E-state index in [4.69, 9.17) is 5.73 Å². The van der Waals surface area contributed by atoms with Gasteiger partial charge in [-0.25, -0.2) is 0 Å². The van der Waals surface area contributed by atoms with Crippen LogP contribution < -0.4 is 11.1 Å². The summed E-state index contributed by atoms with van der Waals surface area (Å²) in [7, 11) is 0. The Kier molecular flexibility index (Phi) is 8.30. The topological polar surface area (TPSA) is 78.7 Å². The average molecular weight is 298 g/mol. The van der Waals surface area contributed by atoms with E-state index >= 15 is 0 Å². The molecule has 1 rings (SSSR count). The highest BCUT2D eigenvalue weighted by atomic mass is 16.2. The quantitative estimate of drug-likeness (QED) is 0.636. The molecule has 6 heteroatoms. The number of piperidine rings is 1. The predicted octanol–water partition coefficient (Wildman–Crippen LogP) is 0.174. The number of hydrogen-bond acceptors (Lipinski definition) is 4. The summed E-state index contributed by atoms with van der Waals surface area (Å²) in [6.45, 7) is 8.56. The van der Waals surface area contributed by atoms with Crippen molar-refractivity contribution in [1.29, 1.82) is 0 Å². The SMILES string of the molecule is CCCCN(CC(N)=O)CC(=O)NC1CCN(CC)CC1. The van der Waals surface area contributed by atoms with Crippen LogP contribution in [0.3, 0.4) is 0 Å². The highest BCUT2D eigenvalue weighted by Crippen LogP contribution is 2.09. The molecule has 1 heterocycles. The van der Waals surface area contributed by atoms with Crippen LogP contribution in [0.5, 0.6) is 0 Å².